The summed E-state index contributed by atoms with van der Waals surface area (Å²) in [7, 11) is 1.67. The molecule has 4 heterocycles. The van der Waals surface area contributed by atoms with Crippen LogP contribution in [0.2, 0.25) is 0 Å². The molecule has 1 fully saturated rings. The normalized spacial score (nSPS) is 18.8. The van der Waals surface area contributed by atoms with E-state index in [9.17, 15) is 9.59 Å². The highest BCUT2D eigenvalue weighted by Crippen LogP contribution is 2.38. The molecular formula is C26H24N6O3. The van der Waals surface area contributed by atoms with Crippen LogP contribution in [-0.2, 0) is 11.2 Å². The van der Waals surface area contributed by atoms with E-state index in [1.165, 1.54) is 5.56 Å². The van der Waals surface area contributed by atoms with Crippen molar-refractivity contribution >= 4 is 29.3 Å². The van der Waals surface area contributed by atoms with Gasteiger partial charge in [0.05, 0.1) is 24.0 Å². The smallest absolute Gasteiger partial charge is 0.271 e. The number of aldehydes is 1. The largest absolute Gasteiger partial charge is 0.379 e. The fourth-order valence-corrected chi connectivity index (χ4v) is 4.87. The predicted octanol–water partition coefficient (Wildman–Crippen LogP) is 3.21. The molecule has 1 aromatic carbocycles. The molecule has 176 valence electrons. The Kier molecular flexibility index (Phi) is 5.26. The van der Waals surface area contributed by atoms with Crippen LogP contribution in [0.4, 0.5) is 11.5 Å². The summed E-state index contributed by atoms with van der Waals surface area (Å²) in [5.41, 5.74) is 5.67. The van der Waals surface area contributed by atoms with Crippen LogP contribution in [0.1, 0.15) is 39.3 Å². The molecule has 1 N–H and O–H groups in total. The third-order valence-corrected chi connectivity index (χ3v) is 6.91. The van der Waals surface area contributed by atoms with E-state index in [1.54, 1.807) is 30.1 Å². The van der Waals surface area contributed by atoms with E-state index in [1.807, 2.05) is 30.3 Å². The van der Waals surface area contributed by atoms with Crippen LogP contribution in [0.5, 0.6) is 0 Å². The Hall–Kier alpha value is -4.11. The fraction of sp³-hybridized carbons (Fsp3) is 0.269. The van der Waals surface area contributed by atoms with Crippen LogP contribution in [0, 0.1) is 0 Å². The molecule has 2 atom stereocenters. The van der Waals surface area contributed by atoms with Crippen molar-refractivity contribution in [2.24, 2.45) is 0 Å². The number of rotatable bonds is 6. The highest BCUT2D eigenvalue weighted by atomic mass is 16.5. The highest BCUT2D eigenvalue weighted by Gasteiger charge is 2.33. The van der Waals surface area contributed by atoms with E-state index >= 15 is 0 Å². The molecule has 1 aliphatic heterocycles. The van der Waals surface area contributed by atoms with Crippen molar-refractivity contribution in [3.63, 3.8) is 0 Å². The second kappa shape index (κ2) is 8.59. The van der Waals surface area contributed by atoms with Crippen molar-refractivity contribution in [3.8, 4) is 11.3 Å². The number of methoxy groups -OCH3 is 1. The van der Waals surface area contributed by atoms with Gasteiger partial charge in [0.2, 0.25) is 0 Å². The number of anilines is 2. The summed E-state index contributed by atoms with van der Waals surface area (Å²) in [4.78, 5) is 34.9. The van der Waals surface area contributed by atoms with Crippen molar-refractivity contribution in [2.75, 3.05) is 18.6 Å². The number of imidazole rings is 1. The highest BCUT2D eigenvalue weighted by molar-refractivity contribution is 5.93. The first-order valence-corrected chi connectivity index (χ1v) is 11.7. The summed E-state index contributed by atoms with van der Waals surface area (Å²) in [5.74, 6) is 0.533. The number of amides is 1. The first-order valence-electron chi connectivity index (χ1n) is 11.7. The maximum absolute atomic E-state index is 13.0. The summed E-state index contributed by atoms with van der Waals surface area (Å²) in [6.45, 7) is 0.755. The van der Waals surface area contributed by atoms with Crippen LogP contribution < -0.4 is 10.2 Å². The first-order chi connectivity index (χ1) is 17.2. The fourth-order valence-electron chi connectivity index (χ4n) is 4.87. The van der Waals surface area contributed by atoms with Crippen LogP contribution >= 0.6 is 0 Å². The number of benzene rings is 1. The van der Waals surface area contributed by atoms with Crippen LogP contribution in [0.15, 0.2) is 54.9 Å². The average molecular weight is 469 g/mol. The standard InChI is InChI=1S/C26H24N6O3/c1-35-23-8-7-20(23)29-26(34)22-14-28-24-9-10-25(30-32(22)24)31-12-11-18-17(3-2-4-21(18)31)19-6-5-16(15-33)13-27-19/h2-6,9-10,13-15,20,23H,7-8,11-12H2,1H3,(H,29,34)/t20-,23-/m1/s1. The number of ether oxygens (including phenoxy) is 1. The van der Waals surface area contributed by atoms with Crippen molar-refractivity contribution in [2.45, 2.75) is 31.4 Å². The lowest BCUT2D eigenvalue weighted by atomic mass is 9.89. The number of carbonyl (C=O) groups is 2. The maximum Gasteiger partial charge on any atom is 0.271 e. The number of pyridine rings is 1. The lowest BCUT2D eigenvalue weighted by Gasteiger charge is -2.35. The molecular weight excluding hydrogens is 444 g/mol. The topological polar surface area (TPSA) is 102 Å². The van der Waals surface area contributed by atoms with Gasteiger partial charge >= 0.3 is 0 Å². The molecule has 0 unspecified atom stereocenters. The van der Waals surface area contributed by atoms with E-state index in [2.05, 4.69) is 26.3 Å². The Morgan fingerprint density at radius 3 is 2.77 bits per heavy atom. The molecule has 6 rings (SSSR count). The van der Waals surface area contributed by atoms with Gasteiger partial charge in [0.15, 0.2) is 23.4 Å². The van der Waals surface area contributed by atoms with E-state index in [4.69, 9.17) is 9.84 Å². The van der Waals surface area contributed by atoms with Gasteiger partial charge in [-0.3, -0.25) is 14.6 Å². The maximum atomic E-state index is 13.0. The quantitative estimate of drug-likeness (QED) is 0.434. The third kappa shape index (κ3) is 3.64. The molecule has 0 bridgehead atoms. The zero-order valence-corrected chi connectivity index (χ0v) is 19.2. The minimum absolute atomic E-state index is 0.0133. The van der Waals surface area contributed by atoms with Crippen molar-refractivity contribution in [1.29, 1.82) is 0 Å². The summed E-state index contributed by atoms with van der Waals surface area (Å²) in [6.07, 6.45) is 6.69. The minimum Gasteiger partial charge on any atom is -0.379 e. The molecule has 35 heavy (non-hydrogen) atoms. The van der Waals surface area contributed by atoms with E-state index in [0.717, 1.165) is 54.9 Å². The zero-order valence-electron chi connectivity index (χ0n) is 19.2. The average Bonchev–Trinajstić information content (AvgIpc) is 3.51. The Morgan fingerprint density at radius 1 is 1.11 bits per heavy atom. The summed E-state index contributed by atoms with van der Waals surface area (Å²) >= 11 is 0. The molecule has 1 aliphatic carbocycles. The molecule has 9 heteroatoms. The zero-order chi connectivity index (χ0) is 23.9. The minimum atomic E-state index is -0.206. The lowest BCUT2D eigenvalue weighted by Crippen LogP contribution is -2.51. The molecule has 0 radical (unpaired) electrons. The lowest BCUT2D eigenvalue weighted by molar-refractivity contribution is 0.00718. The predicted molar refractivity (Wildman–Crippen MR) is 130 cm³/mol. The van der Waals surface area contributed by atoms with Gasteiger partial charge in [0, 0.05) is 36.7 Å². The van der Waals surface area contributed by atoms with Gasteiger partial charge in [0.25, 0.3) is 5.91 Å². The van der Waals surface area contributed by atoms with Gasteiger partial charge in [-0.15, -0.1) is 5.10 Å². The summed E-state index contributed by atoms with van der Waals surface area (Å²) in [5, 5.41) is 7.83. The summed E-state index contributed by atoms with van der Waals surface area (Å²) in [6, 6.07) is 13.6. The number of aromatic nitrogens is 4. The molecule has 0 spiro atoms. The summed E-state index contributed by atoms with van der Waals surface area (Å²) < 4.78 is 7.00. The van der Waals surface area contributed by atoms with Gasteiger partial charge in [-0.1, -0.05) is 12.1 Å². The molecule has 2 aliphatic rings. The van der Waals surface area contributed by atoms with Gasteiger partial charge in [-0.05, 0) is 55.2 Å². The van der Waals surface area contributed by atoms with Crippen LogP contribution in [0.3, 0.4) is 0 Å². The Bertz CT molecular complexity index is 1430. The van der Waals surface area contributed by atoms with E-state index in [-0.39, 0.29) is 18.1 Å². The van der Waals surface area contributed by atoms with Crippen molar-refractivity contribution < 1.29 is 14.3 Å². The number of nitrogens with zero attached hydrogens (tertiary/aromatic N) is 5. The Balaban J connectivity index is 1.31. The molecule has 0 saturated heterocycles. The van der Waals surface area contributed by atoms with Crippen molar-refractivity contribution in [3.05, 3.63) is 71.7 Å². The molecule has 1 amide bonds. The van der Waals surface area contributed by atoms with Crippen molar-refractivity contribution in [1.82, 2.24) is 24.9 Å². The van der Waals surface area contributed by atoms with Crippen LogP contribution in [0.25, 0.3) is 16.9 Å². The second-order valence-electron chi connectivity index (χ2n) is 8.84. The number of nitrogens with one attached hydrogen (secondary N) is 1. The van der Waals surface area contributed by atoms with Gasteiger partial charge in [-0.2, -0.15) is 0 Å². The molecule has 4 aromatic rings. The second-order valence-corrected chi connectivity index (χ2v) is 8.84. The van der Waals surface area contributed by atoms with Gasteiger partial charge < -0.3 is 15.0 Å². The molecule has 9 nitrogen and oxygen atoms in total. The van der Waals surface area contributed by atoms with Gasteiger partial charge in [0.1, 0.15) is 0 Å². The van der Waals surface area contributed by atoms with E-state index < -0.39 is 0 Å². The number of fused-ring (bicyclic) bond motifs is 2. The van der Waals surface area contributed by atoms with Crippen LogP contribution in [-0.4, -0.2) is 57.6 Å². The Morgan fingerprint density at radius 2 is 2.03 bits per heavy atom. The number of carbonyl (C=O) groups excluding carboxylic acids is 2. The first kappa shape index (κ1) is 21.4. The number of hydrogen-bond donors (Lipinski definition) is 1. The Labute approximate surface area is 201 Å². The van der Waals surface area contributed by atoms with E-state index in [0.29, 0.717) is 16.9 Å². The molecule has 3 aromatic heterocycles. The monoisotopic (exact) mass is 468 g/mol. The third-order valence-electron chi connectivity index (χ3n) is 6.91. The number of hydrogen-bond acceptors (Lipinski definition) is 7. The van der Waals surface area contributed by atoms with Gasteiger partial charge in [-0.25, -0.2) is 9.50 Å². The SMILES string of the molecule is CO[C@@H]1CC[C@H]1NC(=O)c1cnc2ccc(N3CCc4c(-c5ccc(C=O)cn5)cccc43)nn12. The molecule has 1 saturated carbocycles.